The number of aromatic nitrogens is 1. The molecule has 0 spiro atoms. The zero-order valence-electron chi connectivity index (χ0n) is 11.7. The number of ether oxygens (including phenoxy) is 1. The summed E-state index contributed by atoms with van der Waals surface area (Å²) in [5.74, 6) is -0.167. The van der Waals surface area contributed by atoms with Crippen molar-refractivity contribution in [2.24, 2.45) is 0 Å². The van der Waals surface area contributed by atoms with Gasteiger partial charge >= 0.3 is 5.97 Å². The van der Waals surface area contributed by atoms with Crippen LogP contribution < -0.4 is 5.56 Å². The number of carbonyl (C=O) groups excluding carboxylic acids is 1. The minimum atomic E-state index is -0.595. The molecule has 0 saturated carbocycles. The summed E-state index contributed by atoms with van der Waals surface area (Å²) in [4.78, 5) is 26.5. The standard InChI is InChI=1S/C17H11NO3S/c1-9-6-12-13(21-17(20)15(12)16(19)18-9)7-10-8-22-14-5-3-2-4-11(10)14/h2-8H,1H3,(H,18,19)/b13-7-. The molecule has 0 saturated heterocycles. The van der Waals surface area contributed by atoms with E-state index in [-0.39, 0.29) is 5.56 Å². The van der Waals surface area contributed by atoms with Gasteiger partial charge in [-0.1, -0.05) is 18.2 Å². The van der Waals surface area contributed by atoms with E-state index in [0.717, 1.165) is 10.9 Å². The van der Waals surface area contributed by atoms with E-state index in [1.807, 2.05) is 35.7 Å². The highest BCUT2D eigenvalue weighted by molar-refractivity contribution is 7.17. The monoisotopic (exact) mass is 309 g/mol. The number of aromatic amines is 1. The summed E-state index contributed by atoms with van der Waals surface area (Å²) in [5, 5.41) is 3.12. The van der Waals surface area contributed by atoms with Gasteiger partial charge in [0.05, 0.1) is 0 Å². The quantitative estimate of drug-likeness (QED) is 0.699. The predicted molar refractivity (Wildman–Crippen MR) is 86.9 cm³/mol. The van der Waals surface area contributed by atoms with E-state index in [1.54, 1.807) is 24.3 Å². The first-order valence-electron chi connectivity index (χ1n) is 6.78. The molecule has 0 amide bonds. The number of thiophene rings is 1. The van der Waals surface area contributed by atoms with Crippen LogP contribution in [0, 0.1) is 6.92 Å². The second-order valence-electron chi connectivity index (χ2n) is 5.16. The van der Waals surface area contributed by atoms with Gasteiger partial charge in [-0.15, -0.1) is 11.3 Å². The molecular formula is C17H11NO3S. The first kappa shape index (κ1) is 13.0. The molecular weight excluding hydrogens is 298 g/mol. The van der Waals surface area contributed by atoms with Crippen molar-refractivity contribution in [3.05, 3.63) is 68.4 Å². The fraction of sp³-hybridized carbons (Fsp3) is 0.0588. The zero-order valence-corrected chi connectivity index (χ0v) is 12.5. The molecule has 3 heterocycles. The van der Waals surface area contributed by atoms with Gasteiger partial charge in [0.25, 0.3) is 5.56 Å². The Hall–Kier alpha value is -2.66. The van der Waals surface area contributed by atoms with Crippen molar-refractivity contribution in [2.75, 3.05) is 0 Å². The molecule has 1 aliphatic rings. The predicted octanol–water partition coefficient (Wildman–Crippen LogP) is 3.57. The lowest BCUT2D eigenvalue weighted by Crippen LogP contribution is -2.16. The van der Waals surface area contributed by atoms with E-state index in [2.05, 4.69) is 4.98 Å². The average Bonchev–Trinajstić information content (AvgIpc) is 3.02. The number of hydrogen-bond acceptors (Lipinski definition) is 4. The fourth-order valence-electron chi connectivity index (χ4n) is 2.65. The van der Waals surface area contributed by atoms with Crippen molar-refractivity contribution >= 4 is 39.2 Å². The highest BCUT2D eigenvalue weighted by atomic mass is 32.1. The van der Waals surface area contributed by atoms with Crippen LogP contribution in [0.25, 0.3) is 21.9 Å². The largest absolute Gasteiger partial charge is 0.422 e. The summed E-state index contributed by atoms with van der Waals surface area (Å²) < 4.78 is 6.46. The molecule has 0 radical (unpaired) electrons. The summed E-state index contributed by atoms with van der Waals surface area (Å²) in [6, 6.07) is 9.80. The molecule has 0 aliphatic carbocycles. The lowest BCUT2D eigenvalue weighted by atomic mass is 10.1. The van der Waals surface area contributed by atoms with E-state index in [4.69, 9.17) is 4.74 Å². The van der Waals surface area contributed by atoms with Gasteiger partial charge in [-0.25, -0.2) is 4.79 Å². The summed E-state index contributed by atoms with van der Waals surface area (Å²) in [6.07, 6.45) is 1.82. The van der Waals surface area contributed by atoms with E-state index >= 15 is 0 Å². The van der Waals surface area contributed by atoms with Crippen LogP contribution in [0.3, 0.4) is 0 Å². The molecule has 0 fully saturated rings. The van der Waals surface area contributed by atoms with Crippen LogP contribution in [0.4, 0.5) is 0 Å². The van der Waals surface area contributed by atoms with Gasteiger partial charge in [0.15, 0.2) is 0 Å². The van der Waals surface area contributed by atoms with Crippen LogP contribution >= 0.6 is 11.3 Å². The Balaban J connectivity index is 1.93. The van der Waals surface area contributed by atoms with Crippen molar-refractivity contribution in [2.45, 2.75) is 6.92 Å². The normalized spacial score (nSPS) is 15.3. The maximum atomic E-state index is 11.9. The molecule has 1 aliphatic heterocycles. The summed E-state index contributed by atoms with van der Waals surface area (Å²) in [7, 11) is 0. The van der Waals surface area contributed by atoms with E-state index in [9.17, 15) is 9.59 Å². The molecule has 0 atom stereocenters. The molecule has 4 rings (SSSR count). The smallest absolute Gasteiger partial charge is 0.349 e. The molecule has 4 nitrogen and oxygen atoms in total. The molecule has 0 unspecified atom stereocenters. The molecule has 108 valence electrons. The van der Waals surface area contributed by atoms with Crippen LogP contribution in [0.1, 0.15) is 27.2 Å². The van der Waals surface area contributed by atoms with Gasteiger partial charge in [-0.2, -0.15) is 0 Å². The Morgan fingerprint density at radius 2 is 2.05 bits per heavy atom. The van der Waals surface area contributed by atoms with Crippen LogP contribution in [0.5, 0.6) is 0 Å². The summed E-state index contributed by atoms with van der Waals surface area (Å²) in [6.45, 7) is 1.78. The van der Waals surface area contributed by atoms with Gasteiger partial charge < -0.3 is 9.72 Å². The SMILES string of the molecule is Cc1cc2c(c(=O)[nH]1)C(=O)O/C2=C\c1csc2ccccc12. The van der Waals surface area contributed by atoms with Gasteiger partial charge in [0.1, 0.15) is 11.3 Å². The minimum Gasteiger partial charge on any atom is -0.422 e. The van der Waals surface area contributed by atoms with E-state index in [0.29, 0.717) is 17.0 Å². The summed E-state index contributed by atoms with van der Waals surface area (Å²) >= 11 is 1.63. The molecule has 3 aromatic rings. The van der Waals surface area contributed by atoms with E-state index < -0.39 is 11.5 Å². The number of esters is 1. The highest BCUT2D eigenvalue weighted by Crippen LogP contribution is 2.33. The van der Waals surface area contributed by atoms with Crippen molar-refractivity contribution < 1.29 is 9.53 Å². The highest BCUT2D eigenvalue weighted by Gasteiger charge is 2.30. The second-order valence-corrected chi connectivity index (χ2v) is 6.07. The van der Waals surface area contributed by atoms with Crippen molar-refractivity contribution in [3.8, 4) is 0 Å². The number of cyclic esters (lactones) is 1. The topological polar surface area (TPSA) is 59.2 Å². The number of carbonyl (C=O) groups is 1. The molecule has 5 heteroatoms. The minimum absolute atomic E-state index is 0.0800. The van der Waals surface area contributed by atoms with Crippen LogP contribution in [0.2, 0.25) is 0 Å². The third-order valence-electron chi connectivity index (χ3n) is 3.64. The van der Waals surface area contributed by atoms with Crippen molar-refractivity contribution in [1.82, 2.24) is 4.98 Å². The number of benzene rings is 1. The third-order valence-corrected chi connectivity index (χ3v) is 4.62. The molecule has 0 bridgehead atoms. The van der Waals surface area contributed by atoms with Gasteiger partial charge in [0, 0.05) is 16.0 Å². The van der Waals surface area contributed by atoms with Gasteiger partial charge in [-0.3, -0.25) is 4.79 Å². The number of fused-ring (bicyclic) bond motifs is 2. The second kappa shape index (κ2) is 4.68. The van der Waals surface area contributed by atoms with Gasteiger partial charge in [-0.05, 0) is 41.5 Å². The molecule has 1 aromatic carbocycles. The maximum absolute atomic E-state index is 11.9. The molecule has 2 aromatic heterocycles. The zero-order chi connectivity index (χ0) is 15.3. The van der Waals surface area contributed by atoms with Crippen LogP contribution in [0.15, 0.2) is 40.5 Å². The number of rotatable bonds is 1. The van der Waals surface area contributed by atoms with Crippen LogP contribution in [-0.2, 0) is 4.74 Å². The Bertz CT molecular complexity index is 1010. The van der Waals surface area contributed by atoms with Crippen LogP contribution in [-0.4, -0.2) is 11.0 Å². The Kier molecular flexibility index (Phi) is 2.77. The Morgan fingerprint density at radius 1 is 1.23 bits per heavy atom. The lowest BCUT2D eigenvalue weighted by Gasteiger charge is -1.99. The molecule has 1 N–H and O–H groups in total. The molecule has 22 heavy (non-hydrogen) atoms. The number of aryl methyl sites for hydroxylation is 1. The first-order chi connectivity index (χ1) is 10.6. The van der Waals surface area contributed by atoms with Crippen molar-refractivity contribution in [1.29, 1.82) is 0 Å². The Labute approximate surface area is 129 Å². The fourth-order valence-corrected chi connectivity index (χ4v) is 3.57. The third kappa shape index (κ3) is 1.90. The van der Waals surface area contributed by atoms with Crippen molar-refractivity contribution in [3.63, 3.8) is 0 Å². The number of hydrogen-bond donors (Lipinski definition) is 1. The first-order valence-corrected chi connectivity index (χ1v) is 7.66. The average molecular weight is 309 g/mol. The number of pyridine rings is 1. The Morgan fingerprint density at radius 3 is 2.91 bits per heavy atom. The van der Waals surface area contributed by atoms with Gasteiger partial charge in [0.2, 0.25) is 0 Å². The maximum Gasteiger partial charge on any atom is 0.349 e. The summed E-state index contributed by atoms with van der Waals surface area (Å²) in [5.41, 5.74) is 1.91. The van der Waals surface area contributed by atoms with E-state index in [1.165, 1.54) is 4.70 Å². The lowest BCUT2D eigenvalue weighted by molar-refractivity contribution is 0.0715. The number of nitrogens with one attached hydrogen (secondary N) is 1. The number of H-pyrrole nitrogens is 1.